The van der Waals surface area contributed by atoms with Gasteiger partial charge < -0.3 is 4.74 Å². The first-order valence-corrected chi connectivity index (χ1v) is 5.44. The summed E-state index contributed by atoms with van der Waals surface area (Å²) in [6.07, 6.45) is 3.78. The van der Waals surface area contributed by atoms with Crippen molar-refractivity contribution >= 4 is 5.97 Å². The molecule has 1 aromatic heterocycles. The Hall–Kier alpha value is -1.36. The summed E-state index contributed by atoms with van der Waals surface area (Å²) in [6, 6.07) is -0.237. The maximum atomic E-state index is 11.2. The molecule has 0 aliphatic heterocycles. The first kappa shape index (κ1) is 12.7. The third-order valence-corrected chi connectivity index (χ3v) is 2.53. The summed E-state index contributed by atoms with van der Waals surface area (Å²) in [6.45, 7) is 6.66. The van der Waals surface area contributed by atoms with Crippen LogP contribution >= 0.6 is 0 Å². The third-order valence-electron chi connectivity index (χ3n) is 2.53. The van der Waals surface area contributed by atoms with Crippen molar-refractivity contribution in [3.05, 3.63) is 18.0 Å². The van der Waals surface area contributed by atoms with Gasteiger partial charge in [0.2, 0.25) is 0 Å². The molecule has 0 bridgehead atoms. The van der Waals surface area contributed by atoms with E-state index in [0.717, 1.165) is 12.1 Å². The molecule has 1 N–H and O–H groups in total. The van der Waals surface area contributed by atoms with Crippen LogP contribution in [0.25, 0.3) is 0 Å². The molecule has 0 aliphatic carbocycles. The molecule has 0 fully saturated rings. The zero-order chi connectivity index (χ0) is 12.1. The highest BCUT2D eigenvalue weighted by atomic mass is 16.5. The lowest BCUT2D eigenvalue weighted by molar-refractivity contribution is -0.142. The first-order chi connectivity index (χ1) is 7.58. The largest absolute Gasteiger partial charge is 0.468 e. The van der Waals surface area contributed by atoms with Crippen molar-refractivity contribution < 1.29 is 9.53 Å². The van der Waals surface area contributed by atoms with Gasteiger partial charge in [-0.25, -0.2) is 0 Å². The second-order valence-electron chi connectivity index (χ2n) is 3.76. The lowest BCUT2D eigenvalue weighted by atomic mass is 10.1. The normalized spacial score (nSPS) is 14.5. The molecule has 0 aromatic carbocycles. The monoisotopic (exact) mass is 225 g/mol. The minimum Gasteiger partial charge on any atom is -0.468 e. The molecule has 0 radical (unpaired) electrons. The molecule has 0 saturated carbocycles. The number of carbonyl (C=O) groups excluding carboxylic acids is 1. The summed E-state index contributed by atoms with van der Waals surface area (Å²) in [5.74, 6) is -0.255. The van der Waals surface area contributed by atoms with Gasteiger partial charge in [-0.05, 0) is 20.8 Å². The average Bonchev–Trinajstić information content (AvgIpc) is 2.76. The van der Waals surface area contributed by atoms with Gasteiger partial charge in [0, 0.05) is 24.3 Å². The molecule has 1 rings (SSSR count). The fraction of sp³-hybridized carbons (Fsp3) is 0.636. The van der Waals surface area contributed by atoms with E-state index in [1.54, 1.807) is 6.92 Å². The molecule has 0 saturated heterocycles. The van der Waals surface area contributed by atoms with Crippen LogP contribution in [0.3, 0.4) is 0 Å². The Labute approximate surface area is 95.8 Å². The molecular formula is C11H19N3O2. The number of aryl methyl sites for hydroxylation is 1. The Morgan fingerprint density at radius 3 is 2.81 bits per heavy atom. The van der Waals surface area contributed by atoms with Crippen LogP contribution in [0, 0.1) is 0 Å². The number of rotatable bonds is 5. The van der Waals surface area contributed by atoms with E-state index in [4.69, 9.17) is 0 Å². The van der Waals surface area contributed by atoms with Crippen molar-refractivity contribution in [1.82, 2.24) is 15.1 Å². The third kappa shape index (κ3) is 3.06. The van der Waals surface area contributed by atoms with E-state index in [2.05, 4.69) is 15.2 Å². The zero-order valence-corrected chi connectivity index (χ0v) is 10.2. The van der Waals surface area contributed by atoms with Gasteiger partial charge in [0.1, 0.15) is 6.04 Å². The van der Waals surface area contributed by atoms with Gasteiger partial charge in [0.15, 0.2) is 0 Å². The fourth-order valence-corrected chi connectivity index (χ4v) is 1.49. The smallest absolute Gasteiger partial charge is 0.322 e. The molecule has 0 amide bonds. The van der Waals surface area contributed by atoms with E-state index in [9.17, 15) is 4.79 Å². The summed E-state index contributed by atoms with van der Waals surface area (Å²) in [5.41, 5.74) is 1.07. The maximum absolute atomic E-state index is 11.2. The highest BCUT2D eigenvalue weighted by Gasteiger charge is 2.17. The van der Waals surface area contributed by atoms with E-state index in [1.165, 1.54) is 7.11 Å². The van der Waals surface area contributed by atoms with Gasteiger partial charge in [0.25, 0.3) is 0 Å². The quantitative estimate of drug-likeness (QED) is 0.763. The Balaban J connectivity index is 2.57. The summed E-state index contributed by atoms with van der Waals surface area (Å²) < 4.78 is 6.51. The van der Waals surface area contributed by atoms with E-state index in [-0.39, 0.29) is 18.1 Å². The molecule has 5 heteroatoms. The van der Waals surface area contributed by atoms with Crippen molar-refractivity contribution in [1.29, 1.82) is 0 Å². The summed E-state index contributed by atoms with van der Waals surface area (Å²) in [5, 5.41) is 7.34. The second kappa shape index (κ2) is 5.65. The lowest BCUT2D eigenvalue weighted by Crippen LogP contribution is -2.36. The summed E-state index contributed by atoms with van der Waals surface area (Å²) in [4.78, 5) is 11.2. The molecule has 0 aliphatic rings. The summed E-state index contributed by atoms with van der Waals surface area (Å²) >= 11 is 0. The predicted octanol–water partition coefficient (Wildman–Crippen LogP) is 1.12. The second-order valence-corrected chi connectivity index (χ2v) is 3.76. The first-order valence-electron chi connectivity index (χ1n) is 5.44. The van der Waals surface area contributed by atoms with Crippen molar-refractivity contribution in [3.8, 4) is 0 Å². The predicted molar refractivity (Wildman–Crippen MR) is 60.9 cm³/mol. The number of carbonyl (C=O) groups is 1. The van der Waals surface area contributed by atoms with Crippen LogP contribution in [0.1, 0.15) is 32.4 Å². The topological polar surface area (TPSA) is 56.2 Å². The Bertz CT molecular complexity index is 349. The number of nitrogens with zero attached hydrogens (tertiary/aromatic N) is 2. The van der Waals surface area contributed by atoms with Gasteiger partial charge >= 0.3 is 5.97 Å². The molecule has 16 heavy (non-hydrogen) atoms. The zero-order valence-electron chi connectivity index (χ0n) is 10.2. The number of esters is 1. The van der Waals surface area contributed by atoms with Crippen LogP contribution in [0.4, 0.5) is 0 Å². The molecule has 1 aromatic rings. The summed E-state index contributed by atoms with van der Waals surface area (Å²) in [7, 11) is 1.39. The van der Waals surface area contributed by atoms with Crippen molar-refractivity contribution in [2.45, 2.75) is 39.4 Å². The Morgan fingerprint density at radius 1 is 1.62 bits per heavy atom. The van der Waals surface area contributed by atoms with E-state index >= 15 is 0 Å². The van der Waals surface area contributed by atoms with Crippen LogP contribution < -0.4 is 5.32 Å². The van der Waals surface area contributed by atoms with Crippen LogP contribution in [0.2, 0.25) is 0 Å². The fourth-order valence-electron chi connectivity index (χ4n) is 1.49. The Morgan fingerprint density at radius 2 is 2.31 bits per heavy atom. The maximum Gasteiger partial charge on any atom is 0.322 e. The van der Waals surface area contributed by atoms with E-state index in [1.807, 2.05) is 30.9 Å². The van der Waals surface area contributed by atoms with Crippen molar-refractivity contribution in [2.24, 2.45) is 0 Å². The number of nitrogens with one attached hydrogen (secondary N) is 1. The standard InChI is InChI=1S/C11H19N3O2/c1-5-14-7-10(6-12-14)8(2)13-9(3)11(15)16-4/h6-9,13H,5H2,1-4H3. The number of hydrogen-bond donors (Lipinski definition) is 1. The number of aromatic nitrogens is 2. The van der Waals surface area contributed by atoms with Crippen LogP contribution in [-0.4, -0.2) is 28.9 Å². The number of hydrogen-bond acceptors (Lipinski definition) is 4. The Kier molecular flexibility index (Phi) is 4.49. The van der Waals surface area contributed by atoms with E-state index < -0.39 is 0 Å². The average molecular weight is 225 g/mol. The molecule has 1 heterocycles. The minimum absolute atomic E-state index is 0.0781. The highest BCUT2D eigenvalue weighted by molar-refractivity contribution is 5.75. The molecule has 0 spiro atoms. The van der Waals surface area contributed by atoms with Crippen molar-refractivity contribution in [2.75, 3.05) is 7.11 Å². The van der Waals surface area contributed by atoms with Crippen LogP contribution in [-0.2, 0) is 16.1 Å². The van der Waals surface area contributed by atoms with E-state index in [0.29, 0.717) is 0 Å². The van der Waals surface area contributed by atoms with Crippen LogP contribution in [0.5, 0.6) is 0 Å². The molecule has 2 atom stereocenters. The van der Waals surface area contributed by atoms with Gasteiger partial charge in [-0.15, -0.1) is 0 Å². The van der Waals surface area contributed by atoms with Crippen molar-refractivity contribution in [3.63, 3.8) is 0 Å². The van der Waals surface area contributed by atoms with Crippen LogP contribution in [0.15, 0.2) is 12.4 Å². The highest BCUT2D eigenvalue weighted by Crippen LogP contribution is 2.11. The number of ether oxygens (including phenoxy) is 1. The number of methoxy groups -OCH3 is 1. The molecule has 5 nitrogen and oxygen atoms in total. The molecule has 90 valence electrons. The van der Waals surface area contributed by atoms with Gasteiger partial charge in [-0.1, -0.05) is 0 Å². The van der Waals surface area contributed by atoms with Gasteiger partial charge in [-0.3, -0.25) is 14.8 Å². The van der Waals surface area contributed by atoms with Gasteiger partial charge in [-0.2, -0.15) is 5.10 Å². The SMILES string of the molecule is CCn1cc(C(C)NC(C)C(=O)OC)cn1. The molecule has 2 unspecified atom stereocenters. The van der Waals surface area contributed by atoms with Gasteiger partial charge in [0.05, 0.1) is 13.3 Å². The minimum atomic E-state index is -0.315. The lowest BCUT2D eigenvalue weighted by Gasteiger charge is -2.16. The molecular weight excluding hydrogens is 206 g/mol.